The number of halogens is 3. The third kappa shape index (κ3) is 3.97. The van der Waals surface area contributed by atoms with Crippen molar-refractivity contribution in [2.24, 2.45) is 4.99 Å². The van der Waals surface area contributed by atoms with Gasteiger partial charge < -0.3 is 10.6 Å². The van der Waals surface area contributed by atoms with Crippen molar-refractivity contribution in [3.05, 3.63) is 107 Å². The molecule has 0 unspecified atom stereocenters. The van der Waals surface area contributed by atoms with Crippen LogP contribution in [0.25, 0.3) is 0 Å². The summed E-state index contributed by atoms with van der Waals surface area (Å²) in [7, 11) is 0. The molecule has 0 saturated carbocycles. The highest BCUT2D eigenvalue weighted by Crippen LogP contribution is 2.41. The predicted molar refractivity (Wildman–Crippen MR) is 107 cm³/mol. The Kier molecular flexibility index (Phi) is 5.01. The fraction of sp³-hybridized carbons (Fsp3) is 0.174. The van der Waals surface area contributed by atoms with Crippen molar-refractivity contribution in [3.63, 3.8) is 0 Å². The Morgan fingerprint density at radius 2 is 1.34 bits per heavy atom. The molecule has 0 saturated heterocycles. The second-order valence-electron chi connectivity index (χ2n) is 7.22. The highest BCUT2D eigenvalue weighted by Gasteiger charge is 2.42. The SMILES string of the molecule is C[C@@]1(c2ccc(F)cc2)N=C(NCc2ccc(F)cc2)N[C@H]1c1ccc(F)cc1. The first-order chi connectivity index (χ1) is 13.9. The quantitative estimate of drug-likeness (QED) is 0.665. The molecule has 3 aromatic carbocycles. The van der Waals surface area contributed by atoms with Gasteiger partial charge in [0.1, 0.15) is 23.0 Å². The molecule has 0 amide bonds. The second kappa shape index (κ2) is 7.62. The van der Waals surface area contributed by atoms with Gasteiger partial charge in [-0.25, -0.2) is 18.2 Å². The molecular formula is C23H20F3N3. The number of hydrogen-bond donors (Lipinski definition) is 2. The van der Waals surface area contributed by atoms with E-state index in [-0.39, 0.29) is 23.5 Å². The van der Waals surface area contributed by atoms with E-state index in [1.165, 1.54) is 36.4 Å². The van der Waals surface area contributed by atoms with Crippen molar-refractivity contribution in [1.29, 1.82) is 0 Å². The fourth-order valence-corrected chi connectivity index (χ4v) is 3.57. The molecule has 2 atom stereocenters. The summed E-state index contributed by atoms with van der Waals surface area (Å²) in [6, 6.07) is 18.4. The normalized spacial score (nSPS) is 20.8. The standard InChI is InChI=1S/C23H20F3N3/c1-23(17-6-12-20(26)13-7-17)21(16-4-10-19(25)11-5-16)28-22(29-23)27-14-15-2-8-18(24)9-3-15/h2-13,21H,14H2,1H3,(H2,27,28,29)/t21-,23-/m0/s1. The number of nitrogens with one attached hydrogen (secondary N) is 2. The van der Waals surface area contributed by atoms with Crippen LogP contribution in [0.5, 0.6) is 0 Å². The molecule has 0 fully saturated rings. The molecule has 1 aliphatic rings. The Morgan fingerprint density at radius 3 is 1.93 bits per heavy atom. The van der Waals surface area contributed by atoms with Gasteiger partial charge in [0, 0.05) is 6.54 Å². The van der Waals surface area contributed by atoms with Gasteiger partial charge in [0.25, 0.3) is 0 Å². The number of hydrogen-bond acceptors (Lipinski definition) is 3. The smallest absolute Gasteiger partial charge is 0.193 e. The van der Waals surface area contributed by atoms with E-state index in [2.05, 4.69) is 10.6 Å². The Balaban J connectivity index is 1.63. The maximum atomic E-state index is 13.4. The Labute approximate surface area is 167 Å². The monoisotopic (exact) mass is 395 g/mol. The molecule has 29 heavy (non-hydrogen) atoms. The average Bonchev–Trinajstić information content (AvgIpc) is 3.06. The lowest BCUT2D eigenvalue weighted by atomic mass is 9.82. The summed E-state index contributed by atoms with van der Waals surface area (Å²) in [6.45, 7) is 2.41. The lowest BCUT2D eigenvalue weighted by Crippen LogP contribution is -2.37. The fourth-order valence-electron chi connectivity index (χ4n) is 3.57. The van der Waals surface area contributed by atoms with E-state index in [1.807, 2.05) is 6.92 Å². The summed E-state index contributed by atoms with van der Waals surface area (Å²) in [5.41, 5.74) is 1.88. The van der Waals surface area contributed by atoms with Gasteiger partial charge in [0.15, 0.2) is 5.96 Å². The van der Waals surface area contributed by atoms with Crippen LogP contribution >= 0.6 is 0 Å². The number of nitrogens with zero attached hydrogens (tertiary/aromatic N) is 1. The summed E-state index contributed by atoms with van der Waals surface area (Å²) in [4.78, 5) is 4.84. The van der Waals surface area contributed by atoms with Crippen LogP contribution in [-0.2, 0) is 12.1 Å². The number of rotatable bonds is 4. The minimum absolute atomic E-state index is 0.274. The Hall–Kier alpha value is -3.28. The van der Waals surface area contributed by atoms with Gasteiger partial charge in [0.2, 0.25) is 0 Å². The first-order valence-corrected chi connectivity index (χ1v) is 9.30. The molecule has 1 aliphatic heterocycles. The summed E-state index contributed by atoms with van der Waals surface area (Å²) in [6.07, 6.45) is 0. The number of benzene rings is 3. The highest BCUT2D eigenvalue weighted by molar-refractivity contribution is 5.83. The minimum Gasteiger partial charge on any atom is -0.352 e. The third-order valence-corrected chi connectivity index (χ3v) is 5.19. The van der Waals surface area contributed by atoms with Crippen molar-refractivity contribution in [1.82, 2.24) is 10.6 Å². The molecule has 4 rings (SSSR count). The summed E-state index contributed by atoms with van der Waals surface area (Å²) >= 11 is 0. The Morgan fingerprint density at radius 1 is 0.828 bits per heavy atom. The highest BCUT2D eigenvalue weighted by atomic mass is 19.1. The van der Waals surface area contributed by atoms with E-state index in [1.54, 1.807) is 36.4 Å². The largest absolute Gasteiger partial charge is 0.352 e. The van der Waals surface area contributed by atoms with Crippen LogP contribution in [0.3, 0.4) is 0 Å². The molecule has 0 aliphatic carbocycles. The first kappa shape index (κ1) is 19.1. The molecule has 1 heterocycles. The van der Waals surface area contributed by atoms with E-state index in [0.29, 0.717) is 12.5 Å². The average molecular weight is 395 g/mol. The first-order valence-electron chi connectivity index (χ1n) is 9.30. The van der Waals surface area contributed by atoms with Crippen molar-refractivity contribution >= 4 is 5.96 Å². The van der Waals surface area contributed by atoms with Gasteiger partial charge >= 0.3 is 0 Å². The van der Waals surface area contributed by atoms with Crippen LogP contribution < -0.4 is 10.6 Å². The van der Waals surface area contributed by atoms with Crippen molar-refractivity contribution < 1.29 is 13.2 Å². The summed E-state index contributed by atoms with van der Waals surface area (Å²) in [5.74, 6) is -0.355. The van der Waals surface area contributed by atoms with Crippen LogP contribution in [0.15, 0.2) is 77.8 Å². The number of guanidine groups is 1. The van der Waals surface area contributed by atoms with E-state index in [0.717, 1.165) is 16.7 Å². The van der Waals surface area contributed by atoms with Gasteiger partial charge in [-0.05, 0) is 60.0 Å². The van der Waals surface area contributed by atoms with Crippen LogP contribution in [0.1, 0.15) is 29.7 Å². The molecule has 3 nitrogen and oxygen atoms in total. The zero-order valence-electron chi connectivity index (χ0n) is 15.8. The van der Waals surface area contributed by atoms with Crippen LogP contribution in [0, 0.1) is 17.5 Å². The Bertz CT molecular complexity index is 1010. The molecular weight excluding hydrogens is 375 g/mol. The third-order valence-electron chi connectivity index (χ3n) is 5.19. The zero-order valence-corrected chi connectivity index (χ0v) is 15.8. The van der Waals surface area contributed by atoms with Crippen molar-refractivity contribution in [2.45, 2.75) is 25.0 Å². The summed E-state index contributed by atoms with van der Waals surface area (Å²) in [5, 5.41) is 6.59. The maximum Gasteiger partial charge on any atom is 0.193 e. The minimum atomic E-state index is -0.726. The molecule has 0 spiro atoms. The van der Waals surface area contributed by atoms with E-state index < -0.39 is 5.54 Å². The molecule has 2 N–H and O–H groups in total. The van der Waals surface area contributed by atoms with Crippen molar-refractivity contribution in [3.8, 4) is 0 Å². The van der Waals surface area contributed by atoms with Gasteiger partial charge in [-0.1, -0.05) is 36.4 Å². The summed E-state index contributed by atoms with van der Waals surface area (Å²) < 4.78 is 40.0. The molecule has 6 heteroatoms. The topological polar surface area (TPSA) is 36.4 Å². The van der Waals surface area contributed by atoms with E-state index in [4.69, 9.17) is 4.99 Å². The van der Waals surface area contributed by atoms with E-state index >= 15 is 0 Å². The van der Waals surface area contributed by atoms with Gasteiger partial charge in [-0.2, -0.15) is 0 Å². The second-order valence-corrected chi connectivity index (χ2v) is 7.22. The van der Waals surface area contributed by atoms with Gasteiger partial charge in [-0.3, -0.25) is 0 Å². The van der Waals surface area contributed by atoms with Crippen LogP contribution in [0.2, 0.25) is 0 Å². The molecule has 0 bridgehead atoms. The lowest BCUT2D eigenvalue weighted by molar-refractivity contribution is 0.404. The number of aliphatic imine (C=N–C) groups is 1. The lowest BCUT2D eigenvalue weighted by Gasteiger charge is -2.29. The molecule has 3 aromatic rings. The van der Waals surface area contributed by atoms with Gasteiger partial charge in [0.05, 0.1) is 6.04 Å². The maximum absolute atomic E-state index is 13.4. The molecule has 148 valence electrons. The van der Waals surface area contributed by atoms with E-state index in [9.17, 15) is 13.2 Å². The van der Waals surface area contributed by atoms with Crippen LogP contribution in [0.4, 0.5) is 13.2 Å². The molecule has 0 radical (unpaired) electrons. The van der Waals surface area contributed by atoms with Crippen molar-refractivity contribution in [2.75, 3.05) is 0 Å². The zero-order chi connectivity index (χ0) is 20.4. The predicted octanol–water partition coefficient (Wildman–Crippen LogP) is 4.81. The van der Waals surface area contributed by atoms with Gasteiger partial charge in [-0.15, -0.1) is 0 Å². The molecule has 0 aromatic heterocycles. The van der Waals surface area contributed by atoms with Crippen LogP contribution in [-0.4, -0.2) is 5.96 Å².